The van der Waals surface area contributed by atoms with E-state index in [1.165, 1.54) is 12.1 Å². The summed E-state index contributed by atoms with van der Waals surface area (Å²) in [6.07, 6.45) is 0. The van der Waals surface area contributed by atoms with E-state index in [0.717, 1.165) is 6.07 Å². The maximum absolute atomic E-state index is 13.0. The van der Waals surface area contributed by atoms with Crippen molar-refractivity contribution < 1.29 is 13.7 Å². The molecule has 1 heterocycles. The lowest BCUT2D eigenvalue weighted by atomic mass is 10.3. The molecule has 2 aromatic rings. The first kappa shape index (κ1) is 13.0. The van der Waals surface area contributed by atoms with Gasteiger partial charge in [-0.1, -0.05) is 16.8 Å². The van der Waals surface area contributed by atoms with Crippen LogP contribution in [0.25, 0.3) is 0 Å². The highest BCUT2D eigenvalue weighted by Crippen LogP contribution is 2.31. The van der Waals surface area contributed by atoms with Gasteiger partial charge in [-0.05, 0) is 35.0 Å². The van der Waals surface area contributed by atoms with E-state index in [1.54, 1.807) is 6.92 Å². The van der Waals surface area contributed by atoms with Crippen molar-refractivity contribution in [3.8, 4) is 0 Å². The Morgan fingerprint density at radius 3 is 2.78 bits per heavy atom. The van der Waals surface area contributed by atoms with Crippen molar-refractivity contribution in [2.24, 2.45) is 0 Å². The molecule has 18 heavy (non-hydrogen) atoms. The van der Waals surface area contributed by atoms with Crippen molar-refractivity contribution in [3.63, 3.8) is 0 Å². The molecule has 1 aromatic carbocycles. The average Bonchev–Trinajstić information content (AvgIpc) is 2.70. The number of aromatic nitrogens is 1. The fourth-order valence-corrected chi connectivity index (χ4v) is 2.21. The Morgan fingerprint density at radius 2 is 2.22 bits per heavy atom. The lowest BCUT2D eigenvalue weighted by Gasteiger charge is -2.08. The molecule has 1 amide bonds. The Bertz CT molecular complexity index is 592. The minimum absolute atomic E-state index is 0.0930. The molecule has 0 bridgehead atoms. The maximum Gasteiger partial charge on any atom is 0.277 e. The van der Waals surface area contributed by atoms with E-state index >= 15 is 0 Å². The quantitative estimate of drug-likeness (QED) is 0.909. The van der Waals surface area contributed by atoms with Gasteiger partial charge in [0, 0.05) is 10.5 Å². The molecule has 4 nitrogen and oxygen atoms in total. The summed E-state index contributed by atoms with van der Waals surface area (Å²) in [4.78, 5) is 11.8. The zero-order valence-corrected chi connectivity index (χ0v) is 11.5. The van der Waals surface area contributed by atoms with Gasteiger partial charge in [0.2, 0.25) is 0 Å². The molecule has 0 spiro atoms. The van der Waals surface area contributed by atoms with Crippen molar-refractivity contribution in [1.82, 2.24) is 5.16 Å². The van der Waals surface area contributed by atoms with Gasteiger partial charge >= 0.3 is 0 Å². The smallest absolute Gasteiger partial charge is 0.277 e. The summed E-state index contributed by atoms with van der Waals surface area (Å²) in [7, 11) is 0. The Kier molecular flexibility index (Phi) is 3.68. The molecule has 1 aromatic heterocycles. The van der Waals surface area contributed by atoms with Gasteiger partial charge in [-0.2, -0.15) is 0 Å². The Labute approximate surface area is 115 Å². The van der Waals surface area contributed by atoms with E-state index in [2.05, 4.69) is 26.4 Å². The van der Waals surface area contributed by atoms with Crippen molar-refractivity contribution in [2.75, 3.05) is 5.32 Å². The first-order chi connectivity index (χ1) is 8.47. The van der Waals surface area contributed by atoms with Crippen LogP contribution in [0.2, 0.25) is 5.02 Å². The molecule has 7 heteroatoms. The number of benzene rings is 1. The molecule has 0 radical (unpaired) electrons. The van der Waals surface area contributed by atoms with Gasteiger partial charge in [-0.25, -0.2) is 4.39 Å². The van der Waals surface area contributed by atoms with Gasteiger partial charge in [-0.15, -0.1) is 0 Å². The molecule has 94 valence electrons. The average molecular weight is 334 g/mol. The van der Waals surface area contributed by atoms with Crippen LogP contribution in [0.3, 0.4) is 0 Å². The van der Waals surface area contributed by atoms with Gasteiger partial charge < -0.3 is 9.84 Å². The fourth-order valence-electron chi connectivity index (χ4n) is 1.31. The van der Waals surface area contributed by atoms with Gasteiger partial charge in [0.05, 0.1) is 10.7 Å². The van der Waals surface area contributed by atoms with Crippen LogP contribution in [0.5, 0.6) is 0 Å². The van der Waals surface area contributed by atoms with Crippen LogP contribution in [0, 0.1) is 12.7 Å². The number of hydrogen-bond acceptors (Lipinski definition) is 3. The van der Waals surface area contributed by atoms with Crippen molar-refractivity contribution in [3.05, 3.63) is 45.0 Å². The number of hydrogen-bond donors (Lipinski definition) is 1. The van der Waals surface area contributed by atoms with Gasteiger partial charge in [0.15, 0.2) is 5.69 Å². The normalized spacial score (nSPS) is 10.4. The minimum Gasteiger partial charge on any atom is -0.361 e. The van der Waals surface area contributed by atoms with E-state index in [4.69, 9.17) is 16.1 Å². The van der Waals surface area contributed by atoms with Crippen LogP contribution in [0.15, 0.2) is 27.2 Å². The lowest BCUT2D eigenvalue weighted by molar-refractivity contribution is 0.101. The number of nitrogens with zero attached hydrogens (tertiary/aromatic N) is 1. The minimum atomic E-state index is -0.498. The zero-order valence-electron chi connectivity index (χ0n) is 9.13. The molecule has 1 N–H and O–H groups in total. The van der Waals surface area contributed by atoms with Crippen LogP contribution in [-0.4, -0.2) is 11.1 Å². The predicted molar refractivity (Wildman–Crippen MR) is 68.3 cm³/mol. The van der Waals surface area contributed by atoms with Gasteiger partial charge in [0.1, 0.15) is 11.6 Å². The van der Waals surface area contributed by atoms with Crippen molar-refractivity contribution in [1.29, 1.82) is 0 Å². The van der Waals surface area contributed by atoms with Crippen LogP contribution in [-0.2, 0) is 0 Å². The molecular weight excluding hydrogens is 326 g/mol. The predicted octanol–water partition coefficient (Wildman–Crippen LogP) is 3.79. The summed E-state index contributed by atoms with van der Waals surface area (Å²) < 4.78 is 18.2. The van der Waals surface area contributed by atoms with Crippen molar-refractivity contribution >= 4 is 39.1 Å². The number of anilines is 1. The largest absolute Gasteiger partial charge is 0.361 e. The molecule has 0 saturated carbocycles. The third-order valence-electron chi connectivity index (χ3n) is 2.11. The molecule has 0 aliphatic heterocycles. The first-order valence-corrected chi connectivity index (χ1v) is 6.03. The highest BCUT2D eigenvalue weighted by Gasteiger charge is 2.15. The Morgan fingerprint density at radius 1 is 1.50 bits per heavy atom. The van der Waals surface area contributed by atoms with Crippen LogP contribution in [0.4, 0.5) is 10.1 Å². The molecule has 0 aliphatic rings. The first-order valence-electron chi connectivity index (χ1n) is 4.86. The Hall–Kier alpha value is -1.40. The summed E-state index contributed by atoms with van der Waals surface area (Å²) in [5.41, 5.74) is 0.406. The van der Waals surface area contributed by atoms with Gasteiger partial charge in [0.25, 0.3) is 5.91 Å². The standard InChI is InChI=1S/C11H7BrClFN2O2/c1-5-2-9(16-18-5)11(17)15-10-7(12)3-6(14)4-8(10)13/h2-4H,1H3,(H,15,17). The van der Waals surface area contributed by atoms with E-state index in [9.17, 15) is 9.18 Å². The highest BCUT2D eigenvalue weighted by molar-refractivity contribution is 9.10. The summed E-state index contributed by atoms with van der Waals surface area (Å²) in [6, 6.07) is 3.80. The lowest BCUT2D eigenvalue weighted by Crippen LogP contribution is -2.13. The van der Waals surface area contributed by atoms with Gasteiger partial charge in [-0.3, -0.25) is 4.79 Å². The second kappa shape index (κ2) is 5.07. The zero-order chi connectivity index (χ0) is 13.3. The maximum atomic E-state index is 13.0. The van der Waals surface area contributed by atoms with Crippen LogP contribution >= 0.6 is 27.5 Å². The third-order valence-corrected chi connectivity index (χ3v) is 3.03. The Balaban J connectivity index is 2.27. The molecule has 0 fully saturated rings. The van der Waals surface area contributed by atoms with E-state index in [1.807, 2.05) is 0 Å². The van der Waals surface area contributed by atoms with E-state index in [0.29, 0.717) is 10.2 Å². The molecule has 0 aliphatic carbocycles. The summed E-state index contributed by atoms with van der Waals surface area (Å²) in [6.45, 7) is 1.67. The number of rotatable bonds is 2. The number of amides is 1. The molecular formula is C11H7BrClFN2O2. The highest BCUT2D eigenvalue weighted by atomic mass is 79.9. The van der Waals surface area contributed by atoms with E-state index < -0.39 is 11.7 Å². The molecule has 0 atom stereocenters. The monoisotopic (exact) mass is 332 g/mol. The number of nitrogens with one attached hydrogen (secondary N) is 1. The fraction of sp³-hybridized carbons (Fsp3) is 0.0909. The van der Waals surface area contributed by atoms with Crippen LogP contribution in [0.1, 0.15) is 16.2 Å². The van der Waals surface area contributed by atoms with Crippen LogP contribution < -0.4 is 5.32 Å². The number of carbonyl (C=O) groups excluding carboxylic acids is 1. The third kappa shape index (κ3) is 2.70. The number of halogens is 3. The van der Waals surface area contributed by atoms with Crippen molar-refractivity contribution in [2.45, 2.75) is 6.92 Å². The summed E-state index contributed by atoms with van der Waals surface area (Å²) in [5.74, 6) is -0.465. The second-order valence-electron chi connectivity index (χ2n) is 3.52. The summed E-state index contributed by atoms with van der Waals surface area (Å²) >= 11 is 8.96. The van der Waals surface area contributed by atoms with E-state index in [-0.39, 0.29) is 16.4 Å². The molecule has 0 saturated heterocycles. The number of aryl methyl sites for hydroxylation is 1. The number of carbonyl (C=O) groups is 1. The molecule has 0 unspecified atom stereocenters. The summed E-state index contributed by atoms with van der Waals surface area (Å²) in [5, 5.41) is 6.19. The second-order valence-corrected chi connectivity index (χ2v) is 4.78. The molecule has 2 rings (SSSR count). The SMILES string of the molecule is Cc1cc(C(=O)Nc2c(Cl)cc(F)cc2Br)no1. The topological polar surface area (TPSA) is 55.1 Å².